The van der Waals surface area contributed by atoms with Crippen LogP contribution in [0, 0.1) is 5.92 Å². The zero-order chi connectivity index (χ0) is 14.1. The molecule has 3 heteroatoms. The Labute approximate surface area is 116 Å². The highest BCUT2D eigenvalue weighted by molar-refractivity contribution is 5.76. The number of benzene rings is 1. The molecular formula is C16H26N2O. The van der Waals surface area contributed by atoms with Crippen molar-refractivity contribution in [1.29, 1.82) is 0 Å². The quantitative estimate of drug-likeness (QED) is 0.756. The van der Waals surface area contributed by atoms with Gasteiger partial charge in [-0.2, -0.15) is 0 Å². The van der Waals surface area contributed by atoms with Gasteiger partial charge in [0.15, 0.2) is 0 Å². The van der Waals surface area contributed by atoms with Gasteiger partial charge >= 0.3 is 0 Å². The Morgan fingerprint density at radius 1 is 1.16 bits per heavy atom. The summed E-state index contributed by atoms with van der Waals surface area (Å²) < 4.78 is 0. The van der Waals surface area contributed by atoms with Crippen LogP contribution in [0.2, 0.25) is 0 Å². The molecule has 0 bridgehead atoms. The summed E-state index contributed by atoms with van der Waals surface area (Å²) in [7, 11) is 1.86. The van der Waals surface area contributed by atoms with Gasteiger partial charge in [0.25, 0.3) is 0 Å². The molecule has 1 unspecified atom stereocenters. The molecule has 0 radical (unpaired) electrons. The number of nitrogens with one attached hydrogen (secondary N) is 2. The molecule has 19 heavy (non-hydrogen) atoms. The van der Waals surface area contributed by atoms with Gasteiger partial charge in [0, 0.05) is 13.0 Å². The van der Waals surface area contributed by atoms with Crippen LogP contribution in [0.4, 0.5) is 0 Å². The van der Waals surface area contributed by atoms with Crippen LogP contribution in [0.25, 0.3) is 0 Å². The zero-order valence-corrected chi connectivity index (χ0v) is 12.3. The molecule has 0 fully saturated rings. The first-order valence-electron chi connectivity index (χ1n) is 7.21. The summed E-state index contributed by atoms with van der Waals surface area (Å²) in [6.45, 7) is 5.09. The van der Waals surface area contributed by atoms with E-state index in [9.17, 15) is 4.79 Å². The van der Waals surface area contributed by atoms with Crippen LogP contribution < -0.4 is 10.6 Å². The van der Waals surface area contributed by atoms with Crippen LogP contribution in [0.5, 0.6) is 0 Å². The molecule has 0 aromatic heterocycles. The van der Waals surface area contributed by atoms with Gasteiger partial charge in [-0.3, -0.25) is 4.79 Å². The van der Waals surface area contributed by atoms with Crippen LogP contribution >= 0.6 is 0 Å². The average molecular weight is 262 g/mol. The second kappa shape index (κ2) is 8.70. The minimum atomic E-state index is 0.120. The Balaban J connectivity index is 2.78. The minimum Gasteiger partial charge on any atom is -0.349 e. The van der Waals surface area contributed by atoms with Crippen LogP contribution in [-0.2, 0) is 4.79 Å². The molecule has 3 nitrogen and oxygen atoms in total. The van der Waals surface area contributed by atoms with Crippen LogP contribution in [0.1, 0.15) is 44.7 Å². The summed E-state index contributed by atoms with van der Waals surface area (Å²) in [5.41, 5.74) is 1.20. The summed E-state index contributed by atoms with van der Waals surface area (Å²) in [6.07, 6.45) is 2.67. The molecule has 106 valence electrons. The molecule has 0 aliphatic heterocycles. The van der Waals surface area contributed by atoms with E-state index in [1.54, 1.807) is 0 Å². The lowest BCUT2D eigenvalue weighted by molar-refractivity contribution is -0.122. The van der Waals surface area contributed by atoms with Gasteiger partial charge < -0.3 is 10.6 Å². The van der Waals surface area contributed by atoms with Crippen molar-refractivity contribution in [3.05, 3.63) is 35.9 Å². The first kappa shape index (κ1) is 15.7. The van der Waals surface area contributed by atoms with Gasteiger partial charge in [-0.05, 0) is 18.5 Å². The third kappa shape index (κ3) is 5.03. The number of carbonyl (C=O) groups is 1. The number of carbonyl (C=O) groups excluding carboxylic acids is 1. The lowest BCUT2D eigenvalue weighted by Crippen LogP contribution is -2.34. The second-order valence-electron chi connectivity index (χ2n) is 4.89. The number of hydrogen-bond acceptors (Lipinski definition) is 2. The van der Waals surface area contributed by atoms with Crippen molar-refractivity contribution in [1.82, 2.24) is 10.6 Å². The Hall–Kier alpha value is -1.35. The zero-order valence-electron chi connectivity index (χ0n) is 12.3. The normalized spacial score (nSPS) is 12.4. The van der Waals surface area contributed by atoms with E-state index in [2.05, 4.69) is 36.6 Å². The highest BCUT2D eigenvalue weighted by Crippen LogP contribution is 2.27. The van der Waals surface area contributed by atoms with Crippen LogP contribution in [0.15, 0.2) is 30.3 Å². The van der Waals surface area contributed by atoms with Gasteiger partial charge in [0.2, 0.25) is 5.91 Å². The van der Waals surface area contributed by atoms with E-state index in [1.165, 1.54) is 5.56 Å². The highest BCUT2D eigenvalue weighted by atomic mass is 16.1. The van der Waals surface area contributed by atoms with Crippen molar-refractivity contribution < 1.29 is 4.79 Å². The molecule has 0 spiro atoms. The summed E-state index contributed by atoms with van der Waals surface area (Å²) in [5.74, 6) is 0.607. The Kier molecular flexibility index (Phi) is 7.19. The Bertz CT molecular complexity index is 360. The van der Waals surface area contributed by atoms with E-state index in [1.807, 2.05) is 25.2 Å². The molecule has 2 N–H and O–H groups in total. The molecule has 1 aromatic carbocycles. The maximum absolute atomic E-state index is 12.0. The van der Waals surface area contributed by atoms with Gasteiger partial charge in [0.1, 0.15) is 0 Å². The third-order valence-electron chi connectivity index (χ3n) is 3.60. The summed E-state index contributed by atoms with van der Waals surface area (Å²) in [5, 5.41) is 6.20. The Morgan fingerprint density at radius 3 is 2.32 bits per heavy atom. The molecule has 0 saturated heterocycles. The van der Waals surface area contributed by atoms with E-state index in [-0.39, 0.29) is 11.9 Å². The van der Waals surface area contributed by atoms with Crippen molar-refractivity contribution in [3.8, 4) is 0 Å². The van der Waals surface area contributed by atoms with Crippen LogP contribution in [0.3, 0.4) is 0 Å². The smallest absolute Gasteiger partial charge is 0.221 e. The lowest BCUT2D eigenvalue weighted by atomic mass is 9.88. The molecule has 0 aliphatic rings. The Morgan fingerprint density at radius 2 is 1.79 bits per heavy atom. The summed E-state index contributed by atoms with van der Waals surface area (Å²) in [6, 6.07) is 10.4. The van der Waals surface area contributed by atoms with Crippen molar-refractivity contribution in [2.45, 2.75) is 39.2 Å². The van der Waals surface area contributed by atoms with E-state index >= 15 is 0 Å². The van der Waals surface area contributed by atoms with Gasteiger partial charge in [-0.15, -0.1) is 0 Å². The average Bonchev–Trinajstić information content (AvgIpc) is 2.46. The highest BCUT2D eigenvalue weighted by Gasteiger charge is 2.21. The molecule has 1 atom stereocenters. The number of rotatable bonds is 8. The van der Waals surface area contributed by atoms with E-state index in [4.69, 9.17) is 0 Å². The van der Waals surface area contributed by atoms with Crippen molar-refractivity contribution in [3.63, 3.8) is 0 Å². The van der Waals surface area contributed by atoms with E-state index < -0.39 is 0 Å². The number of amides is 1. The molecule has 1 amide bonds. The fraction of sp³-hybridized carbons (Fsp3) is 0.562. The van der Waals surface area contributed by atoms with Crippen molar-refractivity contribution in [2.24, 2.45) is 5.92 Å². The van der Waals surface area contributed by atoms with Gasteiger partial charge in [-0.25, -0.2) is 0 Å². The fourth-order valence-corrected chi connectivity index (χ4v) is 2.38. The predicted octanol–water partition coefficient (Wildman–Crippen LogP) is 2.89. The standard InChI is InChI=1S/C16H26N2O/c1-4-13(5-2)16(14-9-7-6-8-10-14)18-15(19)11-12-17-3/h6-10,13,16-17H,4-5,11-12H2,1-3H3,(H,18,19). The first-order chi connectivity index (χ1) is 9.22. The molecule has 0 heterocycles. The number of hydrogen-bond donors (Lipinski definition) is 2. The van der Waals surface area contributed by atoms with Crippen molar-refractivity contribution >= 4 is 5.91 Å². The predicted molar refractivity (Wildman–Crippen MR) is 79.9 cm³/mol. The largest absolute Gasteiger partial charge is 0.349 e. The SMILES string of the molecule is CCC(CC)C(NC(=O)CCNC)c1ccccc1. The minimum absolute atomic E-state index is 0.120. The summed E-state index contributed by atoms with van der Waals surface area (Å²) >= 11 is 0. The van der Waals surface area contributed by atoms with Gasteiger partial charge in [0.05, 0.1) is 6.04 Å². The second-order valence-corrected chi connectivity index (χ2v) is 4.89. The maximum Gasteiger partial charge on any atom is 0.221 e. The molecular weight excluding hydrogens is 236 g/mol. The molecule has 0 saturated carbocycles. The fourth-order valence-electron chi connectivity index (χ4n) is 2.38. The third-order valence-corrected chi connectivity index (χ3v) is 3.60. The lowest BCUT2D eigenvalue weighted by Gasteiger charge is -2.27. The summed E-state index contributed by atoms with van der Waals surface area (Å²) in [4.78, 5) is 12.0. The van der Waals surface area contributed by atoms with Crippen molar-refractivity contribution in [2.75, 3.05) is 13.6 Å². The first-order valence-corrected chi connectivity index (χ1v) is 7.21. The topological polar surface area (TPSA) is 41.1 Å². The van der Waals surface area contributed by atoms with Crippen LogP contribution in [-0.4, -0.2) is 19.5 Å². The molecule has 1 rings (SSSR count). The molecule has 0 aliphatic carbocycles. The van der Waals surface area contributed by atoms with Gasteiger partial charge in [-0.1, -0.05) is 57.0 Å². The maximum atomic E-state index is 12.0. The molecule has 1 aromatic rings. The van der Waals surface area contributed by atoms with E-state index in [0.29, 0.717) is 12.3 Å². The monoisotopic (exact) mass is 262 g/mol. The van der Waals surface area contributed by atoms with E-state index in [0.717, 1.165) is 19.4 Å².